The summed E-state index contributed by atoms with van der Waals surface area (Å²) < 4.78 is 17.8. The molecule has 78 valence electrons. The molecule has 1 atom stereocenters. The van der Waals surface area contributed by atoms with Gasteiger partial charge in [-0.2, -0.15) is 0 Å². The minimum Gasteiger partial charge on any atom is -0.492 e. The number of benzene rings is 1. The molecule has 4 heteroatoms. The van der Waals surface area contributed by atoms with Crippen LogP contribution in [0.3, 0.4) is 0 Å². The van der Waals surface area contributed by atoms with Crippen LogP contribution in [-0.4, -0.2) is 31.4 Å². The maximum atomic E-state index is 12.5. The summed E-state index contributed by atoms with van der Waals surface area (Å²) in [4.78, 5) is 0. The van der Waals surface area contributed by atoms with Crippen molar-refractivity contribution in [1.82, 2.24) is 5.32 Å². The van der Waals surface area contributed by atoms with E-state index in [4.69, 9.17) is 9.84 Å². The van der Waals surface area contributed by atoms with Crippen LogP contribution >= 0.6 is 0 Å². The molecule has 0 aliphatic carbocycles. The highest BCUT2D eigenvalue weighted by atomic mass is 19.1. The molecule has 0 bridgehead atoms. The molecule has 0 heterocycles. The smallest absolute Gasteiger partial charge is 0.123 e. The van der Waals surface area contributed by atoms with Gasteiger partial charge in [-0.15, -0.1) is 0 Å². The van der Waals surface area contributed by atoms with E-state index in [2.05, 4.69) is 5.32 Å². The van der Waals surface area contributed by atoms with Gasteiger partial charge in [0.2, 0.25) is 0 Å². The second kappa shape index (κ2) is 5.57. The highest BCUT2D eigenvalue weighted by Crippen LogP contribution is 2.10. The Morgan fingerprint density at radius 3 is 2.57 bits per heavy atom. The fourth-order valence-corrected chi connectivity index (χ4v) is 0.955. The first-order valence-corrected chi connectivity index (χ1v) is 4.42. The average molecular weight is 199 g/mol. The normalized spacial score (nSPS) is 12.5. The van der Waals surface area contributed by atoms with Gasteiger partial charge in [-0.3, -0.25) is 0 Å². The summed E-state index contributed by atoms with van der Waals surface area (Å²) in [6.07, 6.45) is 0. The molecule has 0 fully saturated rings. The topological polar surface area (TPSA) is 41.5 Å². The van der Waals surface area contributed by atoms with E-state index in [0.717, 1.165) is 0 Å². The molecule has 0 aliphatic rings. The Morgan fingerprint density at radius 2 is 2.07 bits per heavy atom. The van der Waals surface area contributed by atoms with E-state index in [1.807, 2.05) is 0 Å². The zero-order valence-electron chi connectivity index (χ0n) is 8.03. The van der Waals surface area contributed by atoms with Gasteiger partial charge in [0.05, 0.1) is 12.6 Å². The molecule has 0 spiro atoms. The van der Waals surface area contributed by atoms with Crippen molar-refractivity contribution in [2.45, 2.75) is 6.04 Å². The fourth-order valence-electron chi connectivity index (χ4n) is 0.955. The first-order valence-electron chi connectivity index (χ1n) is 4.42. The largest absolute Gasteiger partial charge is 0.492 e. The summed E-state index contributed by atoms with van der Waals surface area (Å²) in [5.41, 5.74) is 0. The first kappa shape index (κ1) is 10.9. The van der Waals surface area contributed by atoms with Crippen molar-refractivity contribution in [2.75, 3.05) is 20.3 Å². The van der Waals surface area contributed by atoms with Gasteiger partial charge < -0.3 is 15.2 Å². The monoisotopic (exact) mass is 199 g/mol. The van der Waals surface area contributed by atoms with E-state index in [-0.39, 0.29) is 18.5 Å². The van der Waals surface area contributed by atoms with Gasteiger partial charge in [0, 0.05) is 0 Å². The molecule has 1 aromatic carbocycles. The third-order valence-corrected chi connectivity index (χ3v) is 1.89. The molecule has 0 amide bonds. The van der Waals surface area contributed by atoms with E-state index in [9.17, 15) is 4.39 Å². The van der Waals surface area contributed by atoms with Crippen molar-refractivity contribution >= 4 is 0 Å². The lowest BCUT2D eigenvalue weighted by atomic mass is 10.3. The molecule has 0 aliphatic heterocycles. The van der Waals surface area contributed by atoms with Crippen molar-refractivity contribution in [3.8, 4) is 5.75 Å². The molecule has 3 nitrogen and oxygen atoms in total. The van der Waals surface area contributed by atoms with Crippen LogP contribution in [0.5, 0.6) is 5.75 Å². The third kappa shape index (κ3) is 3.32. The molecule has 0 radical (unpaired) electrons. The van der Waals surface area contributed by atoms with Crippen LogP contribution < -0.4 is 10.1 Å². The molecular weight excluding hydrogens is 185 g/mol. The van der Waals surface area contributed by atoms with Crippen LogP contribution in [0.4, 0.5) is 4.39 Å². The Morgan fingerprint density at radius 1 is 1.43 bits per heavy atom. The highest BCUT2D eigenvalue weighted by Gasteiger charge is 2.04. The molecule has 1 aromatic rings. The van der Waals surface area contributed by atoms with Crippen LogP contribution in [0.2, 0.25) is 0 Å². The minimum absolute atomic E-state index is 0.0116. The molecule has 1 unspecified atom stereocenters. The summed E-state index contributed by atoms with van der Waals surface area (Å²) in [5.74, 6) is 0.310. The summed E-state index contributed by atoms with van der Waals surface area (Å²) >= 11 is 0. The maximum absolute atomic E-state index is 12.5. The summed E-state index contributed by atoms with van der Waals surface area (Å²) in [6, 6.07) is 5.68. The Balaban J connectivity index is 2.41. The van der Waals surface area contributed by atoms with Crippen LogP contribution in [-0.2, 0) is 0 Å². The number of nitrogens with one attached hydrogen (secondary N) is 1. The molecule has 0 aromatic heterocycles. The van der Waals surface area contributed by atoms with Gasteiger partial charge in [-0.1, -0.05) is 0 Å². The zero-order chi connectivity index (χ0) is 10.4. The maximum Gasteiger partial charge on any atom is 0.123 e. The van der Waals surface area contributed by atoms with Gasteiger partial charge in [0.1, 0.15) is 18.2 Å². The minimum atomic E-state index is -0.287. The number of likely N-dealkylation sites (N-methyl/N-ethyl adjacent to an activating group) is 1. The van der Waals surface area contributed by atoms with Crippen molar-refractivity contribution in [1.29, 1.82) is 0 Å². The Bertz CT molecular complexity index is 259. The van der Waals surface area contributed by atoms with E-state index >= 15 is 0 Å². The number of halogens is 1. The molecule has 14 heavy (non-hydrogen) atoms. The van der Waals surface area contributed by atoms with Gasteiger partial charge >= 0.3 is 0 Å². The Labute approximate surface area is 82.5 Å². The lowest BCUT2D eigenvalue weighted by molar-refractivity contribution is 0.189. The number of aliphatic hydroxyl groups is 1. The lowest BCUT2D eigenvalue weighted by Gasteiger charge is -2.13. The predicted octanol–water partition coefficient (Wildman–Crippen LogP) is 0.785. The standard InChI is InChI=1S/C10H14FNO2/c1-12-9(6-13)7-14-10-4-2-8(11)3-5-10/h2-5,9,12-13H,6-7H2,1H3. The quantitative estimate of drug-likeness (QED) is 0.736. The summed E-state index contributed by atoms with van der Waals surface area (Å²) in [6.45, 7) is 0.371. The highest BCUT2D eigenvalue weighted by molar-refractivity contribution is 5.22. The van der Waals surface area contributed by atoms with E-state index < -0.39 is 0 Å². The van der Waals surface area contributed by atoms with Crippen LogP contribution in [0.15, 0.2) is 24.3 Å². The fraction of sp³-hybridized carbons (Fsp3) is 0.400. The molecule has 0 saturated carbocycles. The Kier molecular flexibility index (Phi) is 4.35. The number of aliphatic hydroxyl groups excluding tert-OH is 1. The van der Waals surface area contributed by atoms with E-state index in [1.54, 1.807) is 19.2 Å². The van der Waals surface area contributed by atoms with Crippen LogP contribution in [0, 0.1) is 5.82 Å². The SMILES string of the molecule is CNC(CO)COc1ccc(F)cc1. The van der Waals surface area contributed by atoms with Crippen LogP contribution in [0.1, 0.15) is 0 Å². The van der Waals surface area contributed by atoms with E-state index in [1.165, 1.54) is 12.1 Å². The number of hydrogen-bond acceptors (Lipinski definition) is 3. The summed E-state index contributed by atoms with van der Waals surface area (Å²) in [5, 5.41) is 11.7. The third-order valence-electron chi connectivity index (χ3n) is 1.89. The summed E-state index contributed by atoms with van der Waals surface area (Å²) in [7, 11) is 1.74. The molecule has 1 rings (SSSR count). The predicted molar refractivity (Wildman–Crippen MR) is 51.8 cm³/mol. The van der Waals surface area contributed by atoms with Gasteiger partial charge in [0.25, 0.3) is 0 Å². The Hall–Kier alpha value is -1.13. The first-order chi connectivity index (χ1) is 6.76. The van der Waals surface area contributed by atoms with Gasteiger partial charge in [-0.25, -0.2) is 4.39 Å². The number of ether oxygens (including phenoxy) is 1. The van der Waals surface area contributed by atoms with Crippen molar-refractivity contribution in [2.24, 2.45) is 0 Å². The van der Waals surface area contributed by atoms with Gasteiger partial charge in [0.15, 0.2) is 0 Å². The molecule has 0 saturated heterocycles. The number of hydrogen-bond donors (Lipinski definition) is 2. The molecular formula is C10H14FNO2. The van der Waals surface area contributed by atoms with Crippen molar-refractivity contribution in [3.63, 3.8) is 0 Å². The molecule has 2 N–H and O–H groups in total. The second-order valence-corrected chi connectivity index (χ2v) is 2.93. The van der Waals surface area contributed by atoms with Crippen LogP contribution in [0.25, 0.3) is 0 Å². The lowest BCUT2D eigenvalue weighted by Crippen LogP contribution is -2.34. The van der Waals surface area contributed by atoms with E-state index in [0.29, 0.717) is 12.4 Å². The van der Waals surface area contributed by atoms with Gasteiger partial charge in [-0.05, 0) is 31.3 Å². The van der Waals surface area contributed by atoms with Crippen molar-refractivity contribution in [3.05, 3.63) is 30.1 Å². The second-order valence-electron chi connectivity index (χ2n) is 2.93. The van der Waals surface area contributed by atoms with Crippen molar-refractivity contribution < 1.29 is 14.2 Å². The zero-order valence-corrected chi connectivity index (χ0v) is 8.03. The number of rotatable bonds is 5. The average Bonchev–Trinajstić information content (AvgIpc) is 2.22.